The lowest BCUT2D eigenvalue weighted by atomic mass is 10.1. The first-order valence-corrected chi connectivity index (χ1v) is 7.18. The van der Waals surface area contributed by atoms with Crippen LogP contribution in [0.3, 0.4) is 0 Å². The summed E-state index contributed by atoms with van der Waals surface area (Å²) in [6, 6.07) is 8.45. The summed E-state index contributed by atoms with van der Waals surface area (Å²) in [5.41, 5.74) is 0.963. The minimum atomic E-state index is -0.180. The van der Waals surface area contributed by atoms with Crippen LogP contribution in [0, 0.1) is 0 Å². The highest BCUT2D eigenvalue weighted by Crippen LogP contribution is 2.22. The molecule has 6 heteroatoms. The molecule has 2 aromatic rings. The molecule has 0 saturated carbocycles. The summed E-state index contributed by atoms with van der Waals surface area (Å²) >= 11 is 6.10. The number of furan rings is 1. The van der Waals surface area contributed by atoms with Gasteiger partial charge < -0.3 is 14.6 Å². The minimum Gasteiger partial charge on any atom is -0.469 e. The van der Waals surface area contributed by atoms with Crippen molar-refractivity contribution in [3.8, 4) is 0 Å². The number of carbonyl (C=O) groups is 2. The molecule has 2 amide bonds. The highest BCUT2D eigenvalue weighted by atomic mass is 35.5. The number of nitrogens with one attached hydrogen (secondary N) is 1. The van der Waals surface area contributed by atoms with E-state index in [2.05, 4.69) is 5.32 Å². The van der Waals surface area contributed by atoms with Crippen LogP contribution in [-0.2, 0) is 11.2 Å². The lowest BCUT2D eigenvalue weighted by Gasteiger charge is -2.12. The smallest absolute Gasteiger partial charge is 0.254 e. The molecule has 0 saturated heterocycles. The molecule has 0 fully saturated rings. The van der Waals surface area contributed by atoms with Gasteiger partial charge in [-0.05, 0) is 30.3 Å². The summed E-state index contributed by atoms with van der Waals surface area (Å²) in [4.78, 5) is 25.2. The summed E-state index contributed by atoms with van der Waals surface area (Å²) in [7, 11) is 3.31. The van der Waals surface area contributed by atoms with E-state index in [0.29, 0.717) is 29.1 Å². The van der Waals surface area contributed by atoms with Gasteiger partial charge in [-0.15, -0.1) is 0 Å². The molecule has 1 heterocycles. The van der Waals surface area contributed by atoms with Crippen molar-refractivity contribution >= 4 is 29.1 Å². The zero-order valence-electron chi connectivity index (χ0n) is 12.4. The van der Waals surface area contributed by atoms with Crippen LogP contribution in [-0.4, -0.2) is 30.8 Å². The first-order valence-electron chi connectivity index (χ1n) is 6.81. The van der Waals surface area contributed by atoms with Crippen molar-refractivity contribution in [2.24, 2.45) is 0 Å². The Balaban J connectivity index is 1.97. The van der Waals surface area contributed by atoms with Crippen molar-refractivity contribution in [2.75, 3.05) is 19.4 Å². The Bertz CT molecular complexity index is 666. The topological polar surface area (TPSA) is 62.6 Å². The lowest BCUT2D eigenvalue weighted by Crippen LogP contribution is -2.22. The molecule has 0 aliphatic heterocycles. The van der Waals surface area contributed by atoms with Crippen LogP contribution in [0.1, 0.15) is 22.5 Å². The summed E-state index contributed by atoms with van der Waals surface area (Å²) < 4.78 is 5.17. The molecular weight excluding hydrogens is 304 g/mol. The number of halogens is 1. The SMILES string of the molecule is CN(C)C(=O)c1ccc(NC(=O)CCc2ccco2)cc1Cl. The second-order valence-electron chi connectivity index (χ2n) is 5.02. The summed E-state index contributed by atoms with van der Waals surface area (Å²) in [5, 5.41) is 3.06. The molecule has 116 valence electrons. The van der Waals surface area contributed by atoms with Gasteiger partial charge in [-0.25, -0.2) is 0 Å². The average molecular weight is 321 g/mol. The van der Waals surface area contributed by atoms with Crippen molar-refractivity contribution in [3.63, 3.8) is 0 Å². The standard InChI is InChI=1S/C16H17ClN2O3/c1-19(2)16(21)13-7-5-11(10-14(13)17)18-15(20)8-6-12-4-3-9-22-12/h3-5,7,9-10H,6,8H2,1-2H3,(H,18,20). The van der Waals surface area contributed by atoms with E-state index in [1.165, 1.54) is 4.90 Å². The molecule has 0 aliphatic carbocycles. The van der Waals surface area contributed by atoms with Crippen LogP contribution >= 0.6 is 11.6 Å². The van der Waals surface area contributed by atoms with Gasteiger partial charge in [-0.2, -0.15) is 0 Å². The Kier molecular flexibility index (Phi) is 5.22. The molecule has 2 rings (SSSR count). The lowest BCUT2D eigenvalue weighted by molar-refractivity contribution is -0.116. The van der Waals surface area contributed by atoms with E-state index in [4.69, 9.17) is 16.0 Å². The molecule has 0 atom stereocenters. The number of carbonyl (C=O) groups excluding carboxylic acids is 2. The van der Waals surface area contributed by atoms with Gasteiger partial charge in [0.25, 0.3) is 5.91 Å². The maximum Gasteiger partial charge on any atom is 0.254 e. The Labute approximate surface area is 133 Å². The monoisotopic (exact) mass is 320 g/mol. The van der Waals surface area contributed by atoms with Gasteiger partial charge in [0.2, 0.25) is 5.91 Å². The third-order valence-electron chi connectivity index (χ3n) is 3.07. The van der Waals surface area contributed by atoms with Crippen LogP contribution in [0.5, 0.6) is 0 Å². The van der Waals surface area contributed by atoms with Crippen LogP contribution < -0.4 is 5.32 Å². The van der Waals surface area contributed by atoms with Crippen LogP contribution in [0.4, 0.5) is 5.69 Å². The Morgan fingerprint density at radius 1 is 1.27 bits per heavy atom. The second-order valence-corrected chi connectivity index (χ2v) is 5.43. The number of hydrogen-bond donors (Lipinski definition) is 1. The molecular formula is C16H17ClN2O3. The zero-order chi connectivity index (χ0) is 16.1. The number of rotatable bonds is 5. The van der Waals surface area contributed by atoms with Crippen LogP contribution in [0.2, 0.25) is 5.02 Å². The van der Waals surface area contributed by atoms with E-state index in [0.717, 1.165) is 5.76 Å². The fourth-order valence-corrected chi connectivity index (χ4v) is 2.18. The van der Waals surface area contributed by atoms with E-state index < -0.39 is 0 Å². The molecule has 0 unspecified atom stereocenters. The third kappa shape index (κ3) is 4.11. The van der Waals surface area contributed by atoms with Gasteiger partial charge in [0, 0.05) is 32.6 Å². The fraction of sp³-hybridized carbons (Fsp3) is 0.250. The van der Waals surface area contributed by atoms with Gasteiger partial charge in [0.15, 0.2) is 0 Å². The van der Waals surface area contributed by atoms with Gasteiger partial charge in [0.05, 0.1) is 16.8 Å². The number of amides is 2. The van der Waals surface area contributed by atoms with Crippen LogP contribution in [0.25, 0.3) is 0 Å². The maximum absolute atomic E-state index is 11.9. The van der Waals surface area contributed by atoms with Crippen molar-refractivity contribution in [1.82, 2.24) is 4.90 Å². The van der Waals surface area contributed by atoms with Crippen LogP contribution in [0.15, 0.2) is 41.0 Å². The van der Waals surface area contributed by atoms with Gasteiger partial charge in [-0.1, -0.05) is 11.6 Å². The molecule has 0 spiro atoms. The zero-order valence-corrected chi connectivity index (χ0v) is 13.2. The number of aryl methyl sites for hydroxylation is 1. The molecule has 22 heavy (non-hydrogen) atoms. The van der Waals surface area contributed by atoms with Gasteiger partial charge in [-0.3, -0.25) is 9.59 Å². The number of hydrogen-bond acceptors (Lipinski definition) is 3. The van der Waals surface area contributed by atoms with E-state index in [1.807, 2.05) is 6.07 Å². The van der Waals surface area contributed by atoms with E-state index >= 15 is 0 Å². The summed E-state index contributed by atoms with van der Waals surface area (Å²) in [6.45, 7) is 0. The number of anilines is 1. The first kappa shape index (κ1) is 16.1. The Morgan fingerprint density at radius 3 is 2.64 bits per heavy atom. The largest absolute Gasteiger partial charge is 0.469 e. The summed E-state index contributed by atoms with van der Waals surface area (Å²) in [6.07, 6.45) is 2.42. The second kappa shape index (κ2) is 7.13. The maximum atomic E-state index is 11.9. The molecule has 1 aromatic carbocycles. The van der Waals surface area contributed by atoms with Gasteiger partial charge >= 0.3 is 0 Å². The predicted octanol–water partition coefficient (Wildman–Crippen LogP) is 3.21. The number of nitrogens with zero attached hydrogens (tertiary/aromatic N) is 1. The third-order valence-corrected chi connectivity index (χ3v) is 3.38. The Hall–Kier alpha value is -2.27. The molecule has 1 aromatic heterocycles. The van der Waals surface area contributed by atoms with Crippen molar-refractivity contribution in [1.29, 1.82) is 0 Å². The first-order chi connectivity index (χ1) is 10.5. The quantitative estimate of drug-likeness (QED) is 0.920. The normalized spacial score (nSPS) is 10.3. The van der Waals surface area contributed by atoms with Crippen molar-refractivity contribution < 1.29 is 14.0 Å². The highest BCUT2D eigenvalue weighted by Gasteiger charge is 2.13. The molecule has 0 aliphatic rings. The fourth-order valence-electron chi connectivity index (χ4n) is 1.92. The highest BCUT2D eigenvalue weighted by molar-refractivity contribution is 6.34. The predicted molar refractivity (Wildman–Crippen MR) is 85.1 cm³/mol. The Morgan fingerprint density at radius 2 is 2.05 bits per heavy atom. The van der Waals surface area contributed by atoms with E-state index in [-0.39, 0.29) is 11.8 Å². The van der Waals surface area contributed by atoms with E-state index in [1.54, 1.807) is 44.6 Å². The van der Waals surface area contributed by atoms with Crippen molar-refractivity contribution in [3.05, 3.63) is 52.9 Å². The number of benzene rings is 1. The minimum absolute atomic E-state index is 0.140. The summed E-state index contributed by atoms with van der Waals surface area (Å²) in [5.74, 6) is 0.444. The molecule has 5 nitrogen and oxygen atoms in total. The molecule has 0 radical (unpaired) electrons. The molecule has 0 bridgehead atoms. The molecule has 1 N–H and O–H groups in total. The van der Waals surface area contributed by atoms with Gasteiger partial charge in [0.1, 0.15) is 5.76 Å². The van der Waals surface area contributed by atoms with Crippen molar-refractivity contribution in [2.45, 2.75) is 12.8 Å². The van der Waals surface area contributed by atoms with E-state index in [9.17, 15) is 9.59 Å². The average Bonchev–Trinajstić information content (AvgIpc) is 2.98.